The van der Waals surface area contributed by atoms with E-state index in [2.05, 4.69) is 314 Å². The van der Waals surface area contributed by atoms with Gasteiger partial charge in [-0.05, 0) is 179 Å². The molecule has 0 aliphatic rings. The normalized spacial score (nSPS) is 12.2. The number of carbonyl (C=O) groups is 7. The van der Waals surface area contributed by atoms with Gasteiger partial charge >= 0.3 is 0 Å². The lowest BCUT2D eigenvalue weighted by Gasteiger charge is -2.20. The summed E-state index contributed by atoms with van der Waals surface area (Å²) in [5, 5.41) is 20.4. The summed E-state index contributed by atoms with van der Waals surface area (Å²) < 4.78 is 21.9. The zero-order valence-corrected chi connectivity index (χ0v) is 104. The minimum atomic E-state index is 0.0528. The Morgan fingerprint density at radius 2 is 0.350 bits per heavy atom. The van der Waals surface area contributed by atoms with Crippen molar-refractivity contribution < 1.29 is 52.5 Å². The molecule has 0 aliphatic heterocycles. The Bertz CT molecular complexity index is 2690. The van der Waals surface area contributed by atoms with Gasteiger partial charge in [-0.15, -0.1) is 0 Å². The number of amides is 7. The summed E-state index contributed by atoms with van der Waals surface area (Å²) in [4.78, 5) is 79.2. The van der Waals surface area contributed by atoms with E-state index in [-0.39, 0.29) is 69.9 Å². The van der Waals surface area contributed by atoms with Crippen molar-refractivity contribution in [3.8, 4) is 0 Å². The Balaban J connectivity index is -0.000000198. The van der Waals surface area contributed by atoms with Gasteiger partial charge in [0.2, 0.25) is 41.4 Å². The van der Waals surface area contributed by atoms with Crippen LogP contribution in [0.4, 0.5) is 0 Å². The lowest BCUT2D eigenvalue weighted by molar-refractivity contribution is -0.124. The van der Waals surface area contributed by atoms with Gasteiger partial charge in [-0.3, -0.25) is 33.6 Å². The predicted octanol–water partition coefficient (Wildman–Crippen LogP) is 32.5. The lowest BCUT2D eigenvalue weighted by Crippen LogP contribution is -2.30. The molecule has 0 saturated heterocycles. The zero-order valence-electron chi connectivity index (χ0n) is 104. The number of ether oxygens (including phenoxy) is 4. The molecule has 0 saturated carbocycles. The molecule has 0 aromatic rings. The van der Waals surface area contributed by atoms with Crippen LogP contribution in [0.1, 0.15) is 551 Å². The van der Waals surface area contributed by atoms with Crippen LogP contribution in [-0.4, -0.2) is 140 Å². The van der Waals surface area contributed by atoms with Crippen LogP contribution in [-0.2, 0) is 52.5 Å². The van der Waals surface area contributed by atoms with Gasteiger partial charge in [0.05, 0.1) is 19.8 Å². The minimum Gasteiger partial charge on any atom is -0.381 e. The summed E-state index contributed by atoms with van der Waals surface area (Å²) in [5.41, 5.74) is 4.36. The third-order valence-corrected chi connectivity index (χ3v) is 21.7. The third kappa shape index (κ3) is 168. The van der Waals surface area contributed by atoms with Gasteiger partial charge in [-0.25, -0.2) is 0 Å². The highest BCUT2D eigenvalue weighted by Crippen LogP contribution is 2.30. The maximum absolute atomic E-state index is 11.5. The van der Waals surface area contributed by atoms with Gasteiger partial charge < -0.3 is 56.2 Å². The monoisotopic (exact) mass is 1990 g/mol. The number of nitrogens with one attached hydrogen (secondary N) is 7. The van der Waals surface area contributed by atoms with E-state index in [1.165, 1.54) is 135 Å². The van der Waals surface area contributed by atoms with Crippen molar-refractivity contribution in [1.82, 2.24) is 37.2 Å². The maximum atomic E-state index is 11.5. The summed E-state index contributed by atoms with van der Waals surface area (Å²) in [6.07, 6.45) is 40.2. The van der Waals surface area contributed by atoms with Crippen molar-refractivity contribution in [2.24, 2.45) is 100 Å². The molecular formula is C122H255N7O11. The molecule has 0 radical (unpaired) electrons. The van der Waals surface area contributed by atoms with Crippen LogP contribution in [0.5, 0.6) is 0 Å². The average Bonchev–Trinajstić information content (AvgIpc) is 0.940. The largest absolute Gasteiger partial charge is 0.381 e. The van der Waals surface area contributed by atoms with Gasteiger partial charge in [-0.2, -0.15) is 0 Å². The van der Waals surface area contributed by atoms with Crippen molar-refractivity contribution in [3.05, 3.63) is 0 Å². The molecular weight excluding hydrogens is 1740 g/mol. The number of rotatable bonds is 57. The van der Waals surface area contributed by atoms with E-state index in [4.69, 9.17) is 18.9 Å². The molecule has 0 aliphatic carbocycles. The molecule has 0 atom stereocenters. The van der Waals surface area contributed by atoms with Crippen molar-refractivity contribution in [3.63, 3.8) is 0 Å². The molecule has 7 amide bonds. The fraction of sp³-hybridized carbons (Fsp3) is 0.943. The average molecular weight is 2000 g/mol. The SMILES string of the molecule is CC(C)(C)CCCCCC(C)(C)C.CC(C)(C)CCCCCNC(=O)CC(C)(C)C.CC(C)(C)CCOCCC(C)(C)C.CC(C)(C)CCOCCNC(=O)CC(C)(C)C.CC(C)C(=O)NCCCCCCCCCCCC(C)(C)C.CC(C)C(=O)NCCOCCC(C)(C)C.CC(C)CC(=O)NCCCCCC(C)(C)C.CC(C)CC(=O)NCCOCCC(C)(C)C.CC(C)CCCNC(=O)C(C)C. The summed E-state index contributed by atoms with van der Waals surface area (Å²) in [6.45, 7) is 116. The van der Waals surface area contributed by atoms with Crippen molar-refractivity contribution >= 4 is 41.4 Å². The molecule has 0 bridgehead atoms. The number of hydrogen-bond acceptors (Lipinski definition) is 11. The Hall–Kier alpha value is -3.87. The van der Waals surface area contributed by atoms with Crippen LogP contribution < -0.4 is 37.2 Å². The summed E-state index contributed by atoms with van der Waals surface area (Å²) in [7, 11) is 0. The van der Waals surface area contributed by atoms with Crippen LogP contribution in [0.25, 0.3) is 0 Å². The van der Waals surface area contributed by atoms with E-state index in [0.717, 1.165) is 123 Å². The molecule has 0 heterocycles. The van der Waals surface area contributed by atoms with Gasteiger partial charge in [0, 0.05) is 122 Å². The summed E-state index contributed by atoms with van der Waals surface area (Å²) >= 11 is 0. The van der Waals surface area contributed by atoms with Crippen LogP contribution in [0, 0.1) is 100 Å². The van der Waals surface area contributed by atoms with E-state index < -0.39 is 0 Å². The maximum Gasteiger partial charge on any atom is 0.222 e. The molecule has 0 rings (SSSR count). The van der Waals surface area contributed by atoms with E-state index >= 15 is 0 Å². The molecule has 0 spiro atoms. The van der Waals surface area contributed by atoms with E-state index in [0.29, 0.717) is 131 Å². The Labute approximate surface area is 875 Å². The highest BCUT2D eigenvalue weighted by atomic mass is 16.5. The van der Waals surface area contributed by atoms with E-state index in [1.807, 2.05) is 55.4 Å². The van der Waals surface area contributed by atoms with Gasteiger partial charge in [0.15, 0.2) is 0 Å². The van der Waals surface area contributed by atoms with Gasteiger partial charge in [0.1, 0.15) is 0 Å². The summed E-state index contributed by atoms with van der Waals surface area (Å²) in [6, 6.07) is 0. The molecule has 0 aromatic carbocycles. The van der Waals surface area contributed by atoms with Gasteiger partial charge in [-0.1, -0.05) is 429 Å². The first-order valence-electron chi connectivity index (χ1n) is 56.6. The molecule has 7 N–H and O–H groups in total. The van der Waals surface area contributed by atoms with Crippen LogP contribution >= 0.6 is 0 Å². The third-order valence-electron chi connectivity index (χ3n) is 21.7. The second-order valence-electron chi connectivity index (χ2n) is 56.9. The van der Waals surface area contributed by atoms with Gasteiger partial charge in [0.25, 0.3) is 0 Å². The first-order chi connectivity index (χ1) is 63.4. The first kappa shape index (κ1) is 154. The fourth-order valence-electron chi connectivity index (χ4n) is 12.5. The van der Waals surface area contributed by atoms with E-state index in [9.17, 15) is 33.6 Å². The highest BCUT2D eigenvalue weighted by molar-refractivity contribution is 5.79. The molecule has 0 fully saturated rings. The van der Waals surface area contributed by atoms with E-state index in [1.54, 1.807) is 0 Å². The minimum absolute atomic E-state index is 0.0528. The molecule has 844 valence electrons. The van der Waals surface area contributed by atoms with Crippen molar-refractivity contribution in [2.75, 3.05) is 98.7 Å². The molecule has 18 heteroatoms. The predicted molar refractivity (Wildman–Crippen MR) is 614 cm³/mol. The second-order valence-corrected chi connectivity index (χ2v) is 56.9. The smallest absolute Gasteiger partial charge is 0.222 e. The molecule has 140 heavy (non-hydrogen) atoms. The second kappa shape index (κ2) is 87.0. The topological polar surface area (TPSA) is 241 Å². The van der Waals surface area contributed by atoms with Crippen molar-refractivity contribution in [2.45, 2.75) is 551 Å². The molecule has 0 aromatic heterocycles. The number of hydrogen-bond donors (Lipinski definition) is 7. The van der Waals surface area contributed by atoms with Crippen LogP contribution in [0.15, 0.2) is 0 Å². The lowest BCUT2D eigenvalue weighted by atomic mass is 9.86. The quantitative estimate of drug-likeness (QED) is 0.0283. The Kier molecular flexibility index (Phi) is 95.6. The zero-order chi connectivity index (χ0) is 111. The number of carbonyl (C=O) groups excluding carboxylic acids is 7. The highest BCUT2D eigenvalue weighted by Gasteiger charge is 2.21. The van der Waals surface area contributed by atoms with Crippen LogP contribution in [0.3, 0.4) is 0 Å². The first-order valence-corrected chi connectivity index (χ1v) is 56.6. The Morgan fingerprint density at radius 3 is 0.571 bits per heavy atom. The molecule has 0 unspecified atom stereocenters. The van der Waals surface area contributed by atoms with Crippen LogP contribution in [0.2, 0.25) is 0 Å². The number of unbranched alkanes of at least 4 members (excludes halogenated alkanes) is 14. The van der Waals surface area contributed by atoms with Crippen molar-refractivity contribution in [1.29, 1.82) is 0 Å². The molecule has 18 nitrogen and oxygen atoms in total. The summed E-state index contributed by atoms with van der Waals surface area (Å²) in [5.74, 6) is 2.96. The standard InChI is InChI=1S/C19H39NO.C15H31NO.C14H29NO2.C14H29NO.C13H27NO2.C13H28.C12H25NO2.C12H26O.C10H21NO/c1-17(2)18(21)20-16-14-12-10-8-6-7-9-11-13-15-19(3,4)5;1-14(2,3)10-8-7-9-11-16-13(17)12-15(4,5)6;1-13(2,3)7-9-17-10-8-15-12(16)11-14(4,5)6;1-12(2)11-13(16)15-10-8-6-7-9-14(3,4)5;1-11(2)10-12(15)14-7-9-16-8-6-13(3,4)5;1-12(2,3)10-8-7-9-11-13(4,5)6;1-10(2)11(14)13-7-9-15-8-6-12(3,4)5;1-11(2,3)7-9-13-10-8-12(4,5)6;1-8(2)6-5-7-11-10(12)9(3)4/h17H,6-16H2,1-5H3,(H,20,21);7-12H2,1-6H3,(H,16,17);7-11H2,1-6H3,(H,15,16);12H,6-11H2,1-5H3,(H,15,16);11H,6-10H2,1-5H3,(H,14,15);7-11H2,1-6H3;10H,6-9H2,1-5H3,(H,13,14);7-10H2,1-6H3;8-9H,5-7H2,1-4H3,(H,11,12). The fourth-order valence-corrected chi connectivity index (χ4v) is 12.5. The Morgan fingerprint density at radius 1 is 0.179 bits per heavy atom.